The molecule has 1 aromatic heterocycles. The number of rotatable bonds is 5. The van der Waals surface area contributed by atoms with E-state index in [1.807, 2.05) is 0 Å². The fraction of sp³-hybridized carbons (Fsp3) is 0.333. The Labute approximate surface area is 144 Å². The van der Waals surface area contributed by atoms with Crippen molar-refractivity contribution < 1.29 is 34.8 Å². The summed E-state index contributed by atoms with van der Waals surface area (Å²) in [4.78, 5) is 4.63. The van der Waals surface area contributed by atoms with Crippen LogP contribution in [0.5, 0.6) is 0 Å². The van der Waals surface area contributed by atoms with E-state index >= 15 is 0 Å². The van der Waals surface area contributed by atoms with Gasteiger partial charge in [-0.25, -0.2) is 27.2 Å². The van der Waals surface area contributed by atoms with Gasteiger partial charge in [-0.3, -0.25) is 0 Å². The number of alkyl halides is 6. The number of benzene rings is 1. The number of nitrogens with zero attached hydrogens (tertiary/aromatic N) is 2. The summed E-state index contributed by atoms with van der Waals surface area (Å²) < 4.78 is 105. The lowest BCUT2D eigenvalue weighted by Crippen LogP contribution is -2.45. The van der Waals surface area contributed by atoms with Gasteiger partial charge in [-0.15, -0.1) is 0 Å². The maximum Gasteiger partial charge on any atom is 0.375 e. The number of hydrogen-bond donors (Lipinski definition) is 0. The second-order valence-corrected chi connectivity index (χ2v) is 7.36. The SMILES string of the molecule is Cc1ccc(S(=O)(=O)c2cnc(C)nc2C(F)(F)C(F)(F)C(F)F)cc1. The van der Waals surface area contributed by atoms with E-state index in [0.717, 1.165) is 19.1 Å². The first-order chi connectivity index (χ1) is 11.8. The zero-order chi connectivity index (χ0) is 19.9. The van der Waals surface area contributed by atoms with Gasteiger partial charge in [0.05, 0.1) is 11.1 Å². The van der Waals surface area contributed by atoms with E-state index in [-0.39, 0.29) is 0 Å². The summed E-state index contributed by atoms with van der Waals surface area (Å²) in [6, 6.07) is 4.84. The molecule has 0 aliphatic heterocycles. The lowest BCUT2D eigenvalue weighted by molar-refractivity contribution is -0.273. The van der Waals surface area contributed by atoms with E-state index in [9.17, 15) is 34.8 Å². The van der Waals surface area contributed by atoms with Crippen LogP contribution in [0, 0.1) is 13.8 Å². The van der Waals surface area contributed by atoms with Crippen LogP contribution < -0.4 is 0 Å². The molecule has 142 valence electrons. The Morgan fingerprint density at radius 2 is 1.54 bits per heavy atom. The normalized spacial score (nSPS) is 13.3. The van der Waals surface area contributed by atoms with Gasteiger partial charge < -0.3 is 0 Å². The summed E-state index contributed by atoms with van der Waals surface area (Å²) >= 11 is 0. The van der Waals surface area contributed by atoms with Crippen molar-refractivity contribution in [1.82, 2.24) is 9.97 Å². The molecule has 1 aromatic carbocycles. The second-order valence-electron chi connectivity index (χ2n) is 5.44. The average Bonchev–Trinajstić information content (AvgIpc) is 2.54. The van der Waals surface area contributed by atoms with Crippen molar-refractivity contribution in [2.75, 3.05) is 0 Å². The minimum atomic E-state index is -5.83. The Kier molecular flexibility index (Phi) is 5.06. The highest BCUT2D eigenvalue weighted by molar-refractivity contribution is 7.91. The minimum Gasteiger partial charge on any atom is -0.240 e. The first kappa shape index (κ1) is 20.1. The Morgan fingerprint density at radius 1 is 1.00 bits per heavy atom. The van der Waals surface area contributed by atoms with Crippen molar-refractivity contribution in [3.8, 4) is 0 Å². The van der Waals surface area contributed by atoms with Gasteiger partial charge >= 0.3 is 18.3 Å². The zero-order valence-corrected chi connectivity index (χ0v) is 14.2. The summed E-state index contributed by atoms with van der Waals surface area (Å²) in [7, 11) is -4.76. The molecule has 0 aliphatic rings. The van der Waals surface area contributed by atoms with Crippen LogP contribution >= 0.6 is 0 Å². The summed E-state index contributed by atoms with van der Waals surface area (Å²) in [5, 5.41) is 0. The lowest BCUT2D eigenvalue weighted by Gasteiger charge is -2.26. The van der Waals surface area contributed by atoms with E-state index in [1.54, 1.807) is 6.92 Å². The molecule has 11 heteroatoms. The van der Waals surface area contributed by atoms with Crippen molar-refractivity contribution in [1.29, 1.82) is 0 Å². The van der Waals surface area contributed by atoms with Crippen molar-refractivity contribution in [3.63, 3.8) is 0 Å². The molecule has 4 nitrogen and oxygen atoms in total. The number of hydrogen-bond acceptors (Lipinski definition) is 4. The first-order valence-corrected chi connectivity index (χ1v) is 8.49. The topological polar surface area (TPSA) is 59.9 Å². The highest BCUT2D eigenvalue weighted by atomic mass is 32.2. The predicted octanol–water partition coefficient (Wildman–Crippen LogP) is 3.92. The first-order valence-electron chi connectivity index (χ1n) is 7.01. The van der Waals surface area contributed by atoms with Gasteiger partial charge in [0.15, 0.2) is 0 Å². The molecule has 1 heterocycles. The summed E-state index contributed by atoms with van der Waals surface area (Å²) in [6.45, 7) is 2.66. The minimum absolute atomic E-state index is 0.405. The third kappa shape index (κ3) is 3.27. The largest absolute Gasteiger partial charge is 0.375 e. The fourth-order valence-corrected chi connectivity index (χ4v) is 3.39. The number of aromatic nitrogens is 2. The molecule has 0 unspecified atom stereocenters. The molecule has 0 radical (unpaired) electrons. The quantitative estimate of drug-likeness (QED) is 0.717. The molecule has 26 heavy (non-hydrogen) atoms. The van der Waals surface area contributed by atoms with E-state index in [1.165, 1.54) is 12.1 Å². The summed E-state index contributed by atoms with van der Waals surface area (Å²) in [6.07, 6.45) is -4.33. The van der Waals surface area contributed by atoms with Gasteiger partial charge in [0, 0.05) is 0 Å². The summed E-state index contributed by atoms with van der Waals surface area (Å²) in [5.41, 5.74) is -1.32. The van der Waals surface area contributed by atoms with Crippen molar-refractivity contribution >= 4 is 9.84 Å². The Balaban J connectivity index is 2.75. The third-order valence-corrected chi connectivity index (χ3v) is 5.26. The van der Waals surface area contributed by atoms with Crippen LogP contribution in [0.3, 0.4) is 0 Å². The van der Waals surface area contributed by atoms with Crippen molar-refractivity contribution in [2.24, 2.45) is 0 Å². The molecule has 0 N–H and O–H groups in total. The lowest BCUT2D eigenvalue weighted by atomic mass is 10.1. The van der Waals surface area contributed by atoms with Gasteiger partial charge in [-0.05, 0) is 26.0 Å². The molecule has 0 bridgehead atoms. The molecule has 0 saturated carbocycles. The van der Waals surface area contributed by atoms with Gasteiger partial charge in [0.1, 0.15) is 16.4 Å². The molecule has 0 amide bonds. The smallest absolute Gasteiger partial charge is 0.240 e. The van der Waals surface area contributed by atoms with Crippen LogP contribution in [0.15, 0.2) is 40.3 Å². The standard InChI is InChI=1S/C15H12F6N2O2S/c1-8-3-5-10(6-4-8)26(24,25)11-7-22-9(2)23-12(11)14(18,19)15(20,21)13(16)17/h3-7,13H,1-2H3. The van der Waals surface area contributed by atoms with Crippen molar-refractivity contribution in [2.45, 2.75) is 41.9 Å². The molecule has 0 saturated heterocycles. The van der Waals surface area contributed by atoms with Crippen LogP contribution in [0.2, 0.25) is 0 Å². The second kappa shape index (κ2) is 6.53. The van der Waals surface area contributed by atoms with Gasteiger partial charge in [0.25, 0.3) is 0 Å². The van der Waals surface area contributed by atoms with Gasteiger partial charge in [-0.2, -0.15) is 17.6 Å². The maximum absolute atomic E-state index is 14.2. The molecule has 2 aromatic rings. The zero-order valence-electron chi connectivity index (χ0n) is 13.4. The Morgan fingerprint density at radius 3 is 2.04 bits per heavy atom. The van der Waals surface area contributed by atoms with Crippen LogP contribution in [0.25, 0.3) is 0 Å². The van der Waals surface area contributed by atoms with Crippen molar-refractivity contribution in [3.05, 3.63) is 47.5 Å². The molecule has 0 spiro atoms. The number of halogens is 6. The highest BCUT2D eigenvalue weighted by Crippen LogP contribution is 2.47. The molecule has 0 aliphatic carbocycles. The fourth-order valence-electron chi connectivity index (χ4n) is 2.02. The van der Waals surface area contributed by atoms with Gasteiger partial charge in [0.2, 0.25) is 9.84 Å². The molecule has 2 rings (SSSR count). The highest BCUT2D eigenvalue weighted by Gasteiger charge is 2.66. The third-order valence-electron chi connectivity index (χ3n) is 3.49. The Hall–Kier alpha value is -2.17. The predicted molar refractivity (Wildman–Crippen MR) is 78.2 cm³/mol. The van der Waals surface area contributed by atoms with Crippen LogP contribution in [-0.2, 0) is 15.8 Å². The molecular formula is C15H12F6N2O2S. The number of aryl methyl sites for hydroxylation is 2. The van der Waals surface area contributed by atoms with E-state index in [2.05, 4.69) is 9.97 Å². The summed E-state index contributed by atoms with van der Waals surface area (Å²) in [5.74, 6) is -11.8. The van der Waals surface area contributed by atoms with Crippen LogP contribution in [0.4, 0.5) is 26.3 Å². The van der Waals surface area contributed by atoms with Crippen LogP contribution in [0.1, 0.15) is 17.1 Å². The Bertz CT molecular complexity index is 914. The van der Waals surface area contributed by atoms with E-state index in [0.29, 0.717) is 11.8 Å². The van der Waals surface area contributed by atoms with Crippen LogP contribution in [-0.4, -0.2) is 30.7 Å². The van der Waals surface area contributed by atoms with E-state index < -0.39 is 49.4 Å². The van der Waals surface area contributed by atoms with Gasteiger partial charge in [-0.1, -0.05) is 17.7 Å². The molecular weight excluding hydrogens is 386 g/mol. The average molecular weight is 398 g/mol. The van der Waals surface area contributed by atoms with E-state index in [4.69, 9.17) is 0 Å². The monoisotopic (exact) mass is 398 g/mol. The maximum atomic E-state index is 14.2. The molecule has 0 fully saturated rings. The molecule has 0 atom stereocenters. The number of sulfone groups is 1.